The number of hydrogen-bond acceptors (Lipinski definition) is 0. The van der Waals surface area contributed by atoms with Crippen LogP contribution in [0, 0.1) is 5.92 Å². The highest BCUT2D eigenvalue weighted by molar-refractivity contribution is 5.24. The third-order valence-electron chi connectivity index (χ3n) is 3.28. The summed E-state index contributed by atoms with van der Waals surface area (Å²) in [5.74, 6) is 1.53. The van der Waals surface area contributed by atoms with Gasteiger partial charge in [-0.2, -0.15) is 0 Å². The second-order valence-electron chi connectivity index (χ2n) is 4.48. The van der Waals surface area contributed by atoms with Crippen LogP contribution >= 0.6 is 0 Å². The molecule has 0 aromatic heterocycles. The van der Waals surface area contributed by atoms with E-state index in [0.29, 0.717) is 0 Å². The van der Waals surface area contributed by atoms with Crippen LogP contribution in [0.25, 0.3) is 0 Å². The van der Waals surface area contributed by atoms with Crippen LogP contribution in [-0.4, -0.2) is 0 Å². The van der Waals surface area contributed by atoms with Crippen LogP contribution in [0.4, 0.5) is 0 Å². The van der Waals surface area contributed by atoms with Crippen molar-refractivity contribution in [2.75, 3.05) is 0 Å². The third-order valence-corrected chi connectivity index (χ3v) is 3.28. The SMILES string of the molecule is CC1=CC[C@H](c2ccccc2)[C@@H](C)C1. The van der Waals surface area contributed by atoms with Gasteiger partial charge >= 0.3 is 0 Å². The molecule has 0 saturated carbocycles. The van der Waals surface area contributed by atoms with Crippen LogP contribution in [-0.2, 0) is 0 Å². The van der Waals surface area contributed by atoms with Gasteiger partial charge in [0.1, 0.15) is 0 Å². The summed E-state index contributed by atoms with van der Waals surface area (Å²) in [6, 6.07) is 10.9. The van der Waals surface area contributed by atoms with Crippen molar-refractivity contribution in [3.05, 3.63) is 47.5 Å². The molecule has 14 heavy (non-hydrogen) atoms. The zero-order chi connectivity index (χ0) is 9.97. The first-order valence-electron chi connectivity index (χ1n) is 5.48. The molecule has 0 saturated heterocycles. The molecular formula is C14H18. The van der Waals surface area contributed by atoms with Gasteiger partial charge in [-0.15, -0.1) is 0 Å². The van der Waals surface area contributed by atoms with Gasteiger partial charge in [0, 0.05) is 0 Å². The molecule has 0 fully saturated rings. The fourth-order valence-electron chi connectivity index (χ4n) is 2.46. The van der Waals surface area contributed by atoms with Gasteiger partial charge in [0.15, 0.2) is 0 Å². The van der Waals surface area contributed by atoms with Crippen molar-refractivity contribution < 1.29 is 0 Å². The highest BCUT2D eigenvalue weighted by Gasteiger charge is 2.21. The maximum atomic E-state index is 2.40. The molecule has 0 amide bonds. The van der Waals surface area contributed by atoms with Crippen molar-refractivity contribution in [1.82, 2.24) is 0 Å². The normalized spacial score (nSPS) is 27.1. The largest absolute Gasteiger partial charge is 0.0850 e. The smallest absolute Gasteiger partial charge is 0.00985 e. The van der Waals surface area contributed by atoms with Crippen LogP contribution in [0.5, 0.6) is 0 Å². The van der Waals surface area contributed by atoms with Crippen LogP contribution in [0.2, 0.25) is 0 Å². The number of rotatable bonds is 1. The van der Waals surface area contributed by atoms with Crippen LogP contribution < -0.4 is 0 Å². The average Bonchev–Trinajstić information content (AvgIpc) is 2.19. The Bertz CT molecular complexity index is 321. The first-order chi connectivity index (χ1) is 6.77. The van der Waals surface area contributed by atoms with E-state index in [2.05, 4.69) is 50.3 Å². The molecule has 1 aromatic carbocycles. The average molecular weight is 186 g/mol. The topological polar surface area (TPSA) is 0 Å². The standard InChI is InChI=1S/C14H18/c1-11-8-9-14(12(2)10-11)13-6-4-3-5-7-13/h3-8,12,14H,9-10H2,1-2H3/t12-,14-/m0/s1. The summed E-state index contributed by atoms with van der Waals surface area (Å²) in [7, 11) is 0. The number of hydrogen-bond donors (Lipinski definition) is 0. The zero-order valence-electron chi connectivity index (χ0n) is 9.03. The molecule has 0 aliphatic heterocycles. The summed E-state index contributed by atoms with van der Waals surface area (Å²) >= 11 is 0. The molecule has 1 aromatic rings. The fraction of sp³-hybridized carbons (Fsp3) is 0.429. The van der Waals surface area contributed by atoms with Gasteiger partial charge < -0.3 is 0 Å². The minimum Gasteiger partial charge on any atom is -0.0850 e. The third kappa shape index (κ3) is 1.89. The van der Waals surface area contributed by atoms with E-state index >= 15 is 0 Å². The van der Waals surface area contributed by atoms with Gasteiger partial charge in [-0.05, 0) is 37.2 Å². The summed E-state index contributed by atoms with van der Waals surface area (Å²) < 4.78 is 0. The van der Waals surface area contributed by atoms with E-state index in [4.69, 9.17) is 0 Å². The van der Waals surface area contributed by atoms with Crippen LogP contribution in [0.3, 0.4) is 0 Å². The van der Waals surface area contributed by atoms with Crippen molar-refractivity contribution in [3.63, 3.8) is 0 Å². The van der Waals surface area contributed by atoms with Crippen molar-refractivity contribution in [2.45, 2.75) is 32.6 Å². The summed E-state index contributed by atoms with van der Waals surface area (Å²) in [6.07, 6.45) is 4.88. The molecule has 2 atom stereocenters. The number of allylic oxidation sites excluding steroid dienone is 2. The van der Waals surface area contributed by atoms with Gasteiger partial charge in [-0.25, -0.2) is 0 Å². The summed E-state index contributed by atoms with van der Waals surface area (Å²) in [5, 5.41) is 0. The Kier molecular flexibility index (Phi) is 2.72. The maximum Gasteiger partial charge on any atom is -0.00985 e. The van der Waals surface area contributed by atoms with Gasteiger partial charge in [-0.1, -0.05) is 48.9 Å². The molecule has 0 N–H and O–H groups in total. The molecular weight excluding hydrogens is 168 g/mol. The monoisotopic (exact) mass is 186 g/mol. The highest BCUT2D eigenvalue weighted by Crippen LogP contribution is 2.36. The first kappa shape index (κ1) is 9.51. The molecule has 0 unspecified atom stereocenters. The molecule has 2 rings (SSSR count). The molecule has 1 aliphatic rings. The van der Waals surface area contributed by atoms with E-state index in [0.717, 1.165) is 11.8 Å². The van der Waals surface area contributed by atoms with E-state index in [-0.39, 0.29) is 0 Å². The predicted molar refractivity (Wildman–Crippen MR) is 61.3 cm³/mol. The lowest BCUT2D eigenvalue weighted by molar-refractivity contribution is 0.436. The van der Waals surface area contributed by atoms with Gasteiger partial charge in [-0.3, -0.25) is 0 Å². The van der Waals surface area contributed by atoms with E-state index < -0.39 is 0 Å². The molecule has 0 heteroatoms. The Morgan fingerprint density at radius 3 is 2.50 bits per heavy atom. The maximum absolute atomic E-state index is 2.40. The highest BCUT2D eigenvalue weighted by atomic mass is 14.3. The molecule has 0 nitrogen and oxygen atoms in total. The Hall–Kier alpha value is -1.04. The molecule has 0 spiro atoms. The van der Waals surface area contributed by atoms with Crippen LogP contribution in [0.1, 0.15) is 38.2 Å². The fourth-order valence-corrected chi connectivity index (χ4v) is 2.46. The lowest BCUT2D eigenvalue weighted by Crippen LogP contribution is -2.13. The van der Waals surface area contributed by atoms with Crippen molar-refractivity contribution in [1.29, 1.82) is 0 Å². The second kappa shape index (κ2) is 4.00. The van der Waals surface area contributed by atoms with Crippen LogP contribution in [0.15, 0.2) is 42.0 Å². The van der Waals surface area contributed by atoms with Gasteiger partial charge in [0.2, 0.25) is 0 Å². The van der Waals surface area contributed by atoms with Crippen molar-refractivity contribution in [3.8, 4) is 0 Å². The summed E-state index contributed by atoms with van der Waals surface area (Å²) in [5.41, 5.74) is 3.06. The minimum atomic E-state index is 0.736. The van der Waals surface area contributed by atoms with E-state index in [1.54, 1.807) is 5.57 Å². The summed E-state index contributed by atoms with van der Waals surface area (Å²) in [6.45, 7) is 4.62. The van der Waals surface area contributed by atoms with E-state index in [1.165, 1.54) is 18.4 Å². The Morgan fingerprint density at radius 1 is 1.14 bits per heavy atom. The van der Waals surface area contributed by atoms with Crippen molar-refractivity contribution >= 4 is 0 Å². The lowest BCUT2D eigenvalue weighted by Gasteiger charge is -2.28. The van der Waals surface area contributed by atoms with Gasteiger partial charge in [0.05, 0.1) is 0 Å². The molecule has 74 valence electrons. The molecule has 1 aliphatic carbocycles. The number of benzene rings is 1. The zero-order valence-corrected chi connectivity index (χ0v) is 9.03. The Labute approximate surface area is 86.7 Å². The molecule has 0 radical (unpaired) electrons. The second-order valence-corrected chi connectivity index (χ2v) is 4.48. The lowest BCUT2D eigenvalue weighted by atomic mass is 9.77. The quantitative estimate of drug-likeness (QED) is 0.578. The molecule has 0 heterocycles. The Balaban J connectivity index is 2.20. The Morgan fingerprint density at radius 2 is 1.86 bits per heavy atom. The summed E-state index contributed by atoms with van der Waals surface area (Å²) in [4.78, 5) is 0. The molecule has 0 bridgehead atoms. The van der Waals surface area contributed by atoms with E-state index in [9.17, 15) is 0 Å². The predicted octanol–water partition coefficient (Wildman–Crippen LogP) is 4.15. The minimum absolute atomic E-state index is 0.736. The van der Waals surface area contributed by atoms with E-state index in [1.807, 2.05) is 0 Å². The van der Waals surface area contributed by atoms with Gasteiger partial charge in [0.25, 0.3) is 0 Å². The van der Waals surface area contributed by atoms with Crippen molar-refractivity contribution in [2.24, 2.45) is 5.92 Å². The first-order valence-corrected chi connectivity index (χ1v) is 5.48.